The molecule has 1 heterocycles. The zero-order valence-electron chi connectivity index (χ0n) is 8.71. The number of hydrazine groups is 1. The molecule has 0 aliphatic carbocycles. The summed E-state index contributed by atoms with van der Waals surface area (Å²) in [6.45, 7) is 7.93. The van der Waals surface area contributed by atoms with Crippen LogP contribution in [0.5, 0.6) is 0 Å². The summed E-state index contributed by atoms with van der Waals surface area (Å²) in [5, 5.41) is 0. The van der Waals surface area contributed by atoms with E-state index < -0.39 is 0 Å². The lowest BCUT2D eigenvalue weighted by Gasteiger charge is -2.14. The standard InChI is InChI=1S/C10H17N3S/c1-7(2)4-5-9(13-11)10-8(3)12-6-14-10/h6,9,13H,1,4-5,11H2,2-3H3. The van der Waals surface area contributed by atoms with Crippen molar-refractivity contribution in [1.82, 2.24) is 10.4 Å². The summed E-state index contributed by atoms with van der Waals surface area (Å²) >= 11 is 1.65. The Balaban J connectivity index is 2.63. The maximum Gasteiger partial charge on any atom is 0.0798 e. The number of nitrogens with two attached hydrogens (primary N) is 1. The summed E-state index contributed by atoms with van der Waals surface area (Å²) in [4.78, 5) is 5.44. The Kier molecular flexibility index (Phi) is 4.25. The van der Waals surface area contributed by atoms with Crippen molar-refractivity contribution in [3.63, 3.8) is 0 Å². The first-order valence-electron chi connectivity index (χ1n) is 4.65. The molecule has 1 aromatic rings. The molecule has 3 nitrogen and oxygen atoms in total. The fourth-order valence-corrected chi connectivity index (χ4v) is 2.22. The molecule has 0 saturated heterocycles. The summed E-state index contributed by atoms with van der Waals surface area (Å²) < 4.78 is 0. The van der Waals surface area contributed by atoms with Crippen molar-refractivity contribution in [1.29, 1.82) is 0 Å². The fraction of sp³-hybridized carbons (Fsp3) is 0.500. The number of rotatable bonds is 5. The fourth-order valence-electron chi connectivity index (χ4n) is 1.33. The van der Waals surface area contributed by atoms with Gasteiger partial charge in [-0.05, 0) is 26.7 Å². The molecule has 0 fully saturated rings. The van der Waals surface area contributed by atoms with E-state index in [-0.39, 0.29) is 6.04 Å². The van der Waals surface area contributed by atoms with E-state index in [1.165, 1.54) is 10.5 Å². The maximum atomic E-state index is 5.52. The molecule has 0 aliphatic heterocycles. The molecular formula is C10H17N3S. The molecule has 0 spiro atoms. The van der Waals surface area contributed by atoms with E-state index in [2.05, 4.69) is 17.0 Å². The number of hydrogen-bond acceptors (Lipinski definition) is 4. The molecule has 0 aromatic carbocycles. The Morgan fingerprint density at radius 1 is 1.79 bits per heavy atom. The Bertz CT molecular complexity index is 306. The molecule has 14 heavy (non-hydrogen) atoms. The van der Waals surface area contributed by atoms with Crippen LogP contribution in [-0.4, -0.2) is 4.98 Å². The third kappa shape index (κ3) is 2.90. The highest BCUT2D eigenvalue weighted by Crippen LogP contribution is 2.25. The highest BCUT2D eigenvalue weighted by atomic mass is 32.1. The highest BCUT2D eigenvalue weighted by molar-refractivity contribution is 7.09. The Hall–Kier alpha value is -0.710. The molecule has 0 bridgehead atoms. The molecule has 0 aliphatic rings. The monoisotopic (exact) mass is 211 g/mol. The van der Waals surface area contributed by atoms with Gasteiger partial charge in [-0.3, -0.25) is 11.3 Å². The molecule has 1 atom stereocenters. The van der Waals surface area contributed by atoms with E-state index in [0.717, 1.165) is 18.5 Å². The van der Waals surface area contributed by atoms with E-state index >= 15 is 0 Å². The van der Waals surface area contributed by atoms with Gasteiger partial charge in [-0.1, -0.05) is 5.57 Å². The molecule has 4 heteroatoms. The summed E-state index contributed by atoms with van der Waals surface area (Å²) in [5.41, 5.74) is 6.94. The predicted octanol–water partition coefficient (Wildman–Crippen LogP) is 2.31. The summed E-state index contributed by atoms with van der Waals surface area (Å²) in [6, 6.07) is 0.208. The topological polar surface area (TPSA) is 50.9 Å². The number of hydrogen-bond donors (Lipinski definition) is 2. The van der Waals surface area contributed by atoms with Gasteiger partial charge >= 0.3 is 0 Å². The molecule has 1 rings (SSSR count). The van der Waals surface area contributed by atoms with Crippen LogP contribution in [-0.2, 0) is 0 Å². The lowest BCUT2D eigenvalue weighted by atomic mass is 10.1. The van der Waals surface area contributed by atoms with E-state index in [9.17, 15) is 0 Å². The van der Waals surface area contributed by atoms with Gasteiger partial charge in [0, 0.05) is 4.88 Å². The minimum Gasteiger partial charge on any atom is -0.271 e. The van der Waals surface area contributed by atoms with Gasteiger partial charge in [0.15, 0.2) is 0 Å². The number of nitrogens with one attached hydrogen (secondary N) is 1. The third-order valence-corrected chi connectivity index (χ3v) is 3.20. The molecule has 1 aromatic heterocycles. The van der Waals surface area contributed by atoms with Crippen LogP contribution in [0.4, 0.5) is 0 Å². The van der Waals surface area contributed by atoms with Gasteiger partial charge in [0.05, 0.1) is 17.2 Å². The smallest absolute Gasteiger partial charge is 0.0798 e. The maximum absolute atomic E-state index is 5.52. The number of nitrogens with zero attached hydrogens (tertiary/aromatic N) is 1. The Morgan fingerprint density at radius 3 is 2.93 bits per heavy atom. The number of allylic oxidation sites excluding steroid dienone is 1. The van der Waals surface area contributed by atoms with Crippen molar-refractivity contribution in [2.75, 3.05) is 0 Å². The van der Waals surface area contributed by atoms with Gasteiger partial charge < -0.3 is 0 Å². The van der Waals surface area contributed by atoms with Crippen molar-refractivity contribution in [3.8, 4) is 0 Å². The number of thiazole rings is 1. The van der Waals surface area contributed by atoms with E-state index in [1.54, 1.807) is 11.3 Å². The van der Waals surface area contributed by atoms with Crippen LogP contribution in [0.3, 0.4) is 0 Å². The van der Waals surface area contributed by atoms with Crippen LogP contribution in [0.1, 0.15) is 36.4 Å². The van der Waals surface area contributed by atoms with E-state index in [1.807, 2.05) is 19.4 Å². The number of aryl methyl sites for hydroxylation is 1. The highest BCUT2D eigenvalue weighted by Gasteiger charge is 2.13. The Morgan fingerprint density at radius 2 is 2.50 bits per heavy atom. The van der Waals surface area contributed by atoms with E-state index in [0.29, 0.717) is 0 Å². The average molecular weight is 211 g/mol. The van der Waals surface area contributed by atoms with Crippen LogP contribution >= 0.6 is 11.3 Å². The molecule has 1 unspecified atom stereocenters. The molecule has 0 amide bonds. The van der Waals surface area contributed by atoms with Gasteiger partial charge in [-0.2, -0.15) is 0 Å². The van der Waals surface area contributed by atoms with Crippen molar-refractivity contribution in [2.24, 2.45) is 5.84 Å². The van der Waals surface area contributed by atoms with Gasteiger partial charge in [0.1, 0.15) is 0 Å². The number of aromatic nitrogens is 1. The van der Waals surface area contributed by atoms with E-state index in [4.69, 9.17) is 5.84 Å². The first-order valence-corrected chi connectivity index (χ1v) is 5.53. The van der Waals surface area contributed by atoms with Gasteiger partial charge in [-0.25, -0.2) is 4.98 Å². The van der Waals surface area contributed by atoms with Crippen molar-refractivity contribution < 1.29 is 0 Å². The zero-order chi connectivity index (χ0) is 10.6. The Labute approximate surface area is 89.0 Å². The first-order chi connectivity index (χ1) is 6.65. The second kappa shape index (κ2) is 5.24. The molecule has 0 saturated carbocycles. The molecular weight excluding hydrogens is 194 g/mol. The average Bonchev–Trinajstić information content (AvgIpc) is 2.53. The second-order valence-corrected chi connectivity index (χ2v) is 4.40. The van der Waals surface area contributed by atoms with Crippen molar-refractivity contribution in [2.45, 2.75) is 32.7 Å². The van der Waals surface area contributed by atoms with Crippen LogP contribution in [0.25, 0.3) is 0 Å². The molecule has 3 N–H and O–H groups in total. The third-order valence-electron chi connectivity index (χ3n) is 2.16. The van der Waals surface area contributed by atoms with Gasteiger partial charge in [0.25, 0.3) is 0 Å². The first kappa shape index (κ1) is 11.4. The summed E-state index contributed by atoms with van der Waals surface area (Å²) in [5.74, 6) is 5.52. The van der Waals surface area contributed by atoms with Crippen LogP contribution < -0.4 is 11.3 Å². The minimum absolute atomic E-state index is 0.208. The van der Waals surface area contributed by atoms with Crippen molar-refractivity contribution >= 4 is 11.3 Å². The predicted molar refractivity (Wildman–Crippen MR) is 61.0 cm³/mol. The van der Waals surface area contributed by atoms with Gasteiger partial charge in [0.2, 0.25) is 0 Å². The second-order valence-electron chi connectivity index (χ2n) is 3.52. The van der Waals surface area contributed by atoms with Crippen molar-refractivity contribution in [3.05, 3.63) is 28.2 Å². The largest absolute Gasteiger partial charge is 0.271 e. The van der Waals surface area contributed by atoms with Crippen LogP contribution in [0, 0.1) is 6.92 Å². The summed E-state index contributed by atoms with van der Waals surface area (Å²) in [7, 11) is 0. The SMILES string of the molecule is C=C(C)CCC(NN)c1scnc1C. The normalized spacial score (nSPS) is 12.8. The quantitative estimate of drug-likeness (QED) is 0.446. The lowest BCUT2D eigenvalue weighted by molar-refractivity contribution is 0.520. The van der Waals surface area contributed by atoms with Crippen LogP contribution in [0.15, 0.2) is 17.7 Å². The zero-order valence-corrected chi connectivity index (χ0v) is 9.53. The molecule has 78 valence electrons. The minimum atomic E-state index is 0.208. The van der Waals surface area contributed by atoms with Crippen LogP contribution in [0.2, 0.25) is 0 Å². The lowest BCUT2D eigenvalue weighted by Crippen LogP contribution is -2.27. The van der Waals surface area contributed by atoms with Gasteiger partial charge in [-0.15, -0.1) is 17.9 Å². The summed E-state index contributed by atoms with van der Waals surface area (Å²) in [6.07, 6.45) is 1.97. The molecule has 0 radical (unpaired) electrons.